The molecule has 1 aromatic rings. The number of hydrogen-bond donors (Lipinski definition) is 0. The van der Waals surface area contributed by atoms with Crippen molar-refractivity contribution in [3.05, 3.63) is 30.3 Å². The zero-order valence-corrected chi connectivity index (χ0v) is 15.2. The van der Waals surface area contributed by atoms with Crippen LogP contribution in [-0.2, 0) is 14.3 Å². The summed E-state index contributed by atoms with van der Waals surface area (Å²) in [6.45, 7) is 6.38. The van der Waals surface area contributed by atoms with Crippen LogP contribution in [0.5, 0.6) is 5.75 Å². The molecule has 24 heavy (non-hydrogen) atoms. The minimum absolute atomic E-state index is 0.362. The van der Waals surface area contributed by atoms with Crippen molar-refractivity contribution >= 4 is 11.9 Å². The number of esters is 2. The minimum atomic E-state index is -1.20. The molecule has 0 heterocycles. The van der Waals surface area contributed by atoms with Crippen LogP contribution >= 0.6 is 0 Å². The number of rotatable bonds is 11. The third kappa shape index (κ3) is 5.66. The second-order valence-corrected chi connectivity index (χ2v) is 6.13. The van der Waals surface area contributed by atoms with Crippen molar-refractivity contribution in [2.75, 3.05) is 6.61 Å². The lowest BCUT2D eigenvalue weighted by Gasteiger charge is -2.28. The summed E-state index contributed by atoms with van der Waals surface area (Å²) >= 11 is 0. The van der Waals surface area contributed by atoms with Gasteiger partial charge < -0.3 is 9.47 Å². The topological polar surface area (TPSA) is 52.6 Å². The third-order valence-corrected chi connectivity index (χ3v) is 4.07. The Hall–Kier alpha value is -1.84. The summed E-state index contributed by atoms with van der Waals surface area (Å²) < 4.78 is 10.9. The van der Waals surface area contributed by atoms with E-state index in [0.29, 0.717) is 38.0 Å². The first-order valence-electron chi connectivity index (χ1n) is 9.05. The van der Waals surface area contributed by atoms with E-state index in [0.717, 1.165) is 19.3 Å². The molecule has 0 bridgehead atoms. The second kappa shape index (κ2) is 10.8. The van der Waals surface area contributed by atoms with Crippen LogP contribution < -0.4 is 4.74 Å². The van der Waals surface area contributed by atoms with Crippen LogP contribution in [0.1, 0.15) is 65.7 Å². The number of para-hydroxylation sites is 1. The molecule has 0 fully saturated rings. The fourth-order valence-electron chi connectivity index (χ4n) is 2.82. The highest BCUT2D eigenvalue weighted by Gasteiger charge is 2.47. The lowest BCUT2D eigenvalue weighted by atomic mass is 9.79. The van der Waals surface area contributed by atoms with E-state index < -0.39 is 17.4 Å². The fourth-order valence-corrected chi connectivity index (χ4v) is 2.82. The molecule has 0 aromatic heterocycles. The van der Waals surface area contributed by atoms with Crippen molar-refractivity contribution in [1.29, 1.82) is 0 Å². The number of carbonyl (C=O) groups is 2. The van der Waals surface area contributed by atoms with E-state index in [1.807, 2.05) is 19.9 Å². The molecule has 0 saturated carbocycles. The fraction of sp³-hybridized carbons (Fsp3) is 0.600. The van der Waals surface area contributed by atoms with E-state index >= 15 is 0 Å². The molecule has 1 aromatic carbocycles. The van der Waals surface area contributed by atoms with E-state index in [2.05, 4.69) is 6.92 Å². The molecule has 0 aliphatic carbocycles. The molecule has 0 amide bonds. The first-order chi connectivity index (χ1) is 11.6. The summed E-state index contributed by atoms with van der Waals surface area (Å²) in [7, 11) is 0. The van der Waals surface area contributed by atoms with Crippen LogP contribution in [0.4, 0.5) is 0 Å². The molecule has 0 N–H and O–H groups in total. The molecule has 0 atom stereocenters. The highest BCUT2D eigenvalue weighted by atomic mass is 16.6. The zero-order chi connectivity index (χ0) is 17.8. The molecule has 0 aliphatic heterocycles. The quantitative estimate of drug-likeness (QED) is 0.250. The molecule has 1 rings (SSSR count). The van der Waals surface area contributed by atoms with Crippen LogP contribution in [0.2, 0.25) is 0 Å². The van der Waals surface area contributed by atoms with Gasteiger partial charge in [0.15, 0.2) is 5.41 Å². The molecule has 0 spiro atoms. The Morgan fingerprint density at radius 2 is 1.50 bits per heavy atom. The van der Waals surface area contributed by atoms with E-state index in [9.17, 15) is 9.59 Å². The predicted molar refractivity (Wildman–Crippen MR) is 94.8 cm³/mol. The Morgan fingerprint density at radius 1 is 0.875 bits per heavy atom. The number of carbonyl (C=O) groups excluding carboxylic acids is 2. The molecule has 4 heteroatoms. The maximum absolute atomic E-state index is 12.8. The van der Waals surface area contributed by atoms with Gasteiger partial charge in [-0.1, -0.05) is 64.7 Å². The maximum Gasteiger partial charge on any atom is 0.328 e. The summed E-state index contributed by atoms with van der Waals surface area (Å²) in [5, 5.41) is 0. The number of benzene rings is 1. The van der Waals surface area contributed by atoms with Gasteiger partial charge in [-0.3, -0.25) is 9.59 Å². The van der Waals surface area contributed by atoms with E-state index in [4.69, 9.17) is 9.47 Å². The molecule has 0 aliphatic rings. The maximum atomic E-state index is 12.8. The highest BCUT2D eigenvalue weighted by Crippen LogP contribution is 2.34. The molecule has 0 saturated heterocycles. The lowest BCUT2D eigenvalue weighted by Crippen LogP contribution is -2.43. The smallest absolute Gasteiger partial charge is 0.328 e. The van der Waals surface area contributed by atoms with Crippen LogP contribution in [0, 0.1) is 5.41 Å². The summed E-state index contributed by atoms with van der Waals surface area (Å²) in [6.07, 6.45) is 5.21. The van der Waals surface area contributed by atoms with Crippen molar-refractivity contribution in [1.82, 2.24) is 0 Å². The van der Waals surface area contributed by atoms with Crippen molar-refractivity contribution in [3.63, 3.8) is 0 Å². The number of unbranched alkanes of at least 4 members (excludes halogenated alkanes) is 2. The van der Waals surface area contributed by atoms with Crippen molar-refractivity contribution in [3.8, 4) is 5.75 Å². The third-order valence-electron chi connectivity index (χ3n) is 4.07. The van der Waals surface area contributed by atoms with Crippen LogP contribution in [0.3, 0.4) is 0 Å². The Bertz CT molecular complexity index is 490. The van der Waals surface area contributed by atoms with Crippen LogP contribution in [-0.4, -0.2) is 18.5 Å². The summed E-state index contributed by atoms with van der Waals surface area (Å²) in [5.74, 6) is -0.487. The van der Waals surface area contributed by atoms with Gasteiger partial charge in [-0.05, 0) is 31.4 Å². The Balaban J connectivity index is 2.90. The van der Waals surface area contributed by atoms with Crippen LogP contribution in [0.15, 0.2) is 30.3 Å². The Labute approximate surface area is 145 Å². The number of ether oxygens (including phenoxy) is 2. The molecule has 0 unspecified atom stereocenters. The molecule has 0 radical (unpaired) electrons. The molecular formula is C20H30O4. The van der Waals surface area contributed by atoms with Crippen molar-refractivity contribution in [2.24, 2.45) is 5.41 Å². The molecule has 4 nitrogen and oxygen atoms in total. The van der Waals surface area contributed by atoms with Gasteiger partial charge in [-0.2, -0.15) is 0 Å². The van der Waals surface area contributed by atoms with E-state index in [1.54, 1.807) is 24.3 Å². The predicted octanol–water partition coefficient (Wildman–Crippen LogP) is 4.91. The molecular weight excluding hydrogens is 304 g/mol. The van der Waals surface area contributed by atoms with Gasteiger partial charge in [0.25, 0.3) is 0 Å². The second-order valence-electron chi connectivity index (χ2n) is 6.13. The largest absolute Gasteiger partial charge is 0.465 e. The Morgan fingerprint density at radius 3 is 2.04 bits per heavy atom. The first-order valence-corrected chi connectivity index (χ1v) is 9.05. The van der Waals surface area contributed by atoms with E-state index in [-0.39, 0.29) is 0 Å². The van der Waals surface area contributed by atoms with Gasteiger partial charge in [0.2, 0.25) is 0 Å². The monoisotopic (exact) mass is 334 g/mol. The highest BCUT2D eigenvalue weighted by molar-refractivity contribution is 6.00. The van der Waals surface area contributed by atoms with Gasteiger partial charge in [-0.15, -0.1) is 0 Å². The van der Waals surface area contributed by atoms with Crippen molar-refractivity contribution in [2.45, 2.75) is 65.7 Å². The van der Waals surface area contributed by atoms with E-state index in [1.165, 1.54) is 0 Å². The summed E-state index contributed by atoms with van der Waals surface area (Å²) in [5.41, 5.74) is -1.20. The van der Waals surface area contributed by atoms with Gasteiger partial charge >= 0.3 is 11.9 Å². The SMILES string of the molecule is CCCCCOC(=O)C(CCC)(CCC)C(=O)Oc1ccccc1. The van der Waals surface area contributed by atoms with Crippen LogP contribution in [0.25, 0.3) is 0 Å². The lowest BCUT2D eigenvalue weighted by molar-refractivity contribution is -0.169. The average Bonchev–Trinajstić information content (AvgIpc) is 2.59. The number of hydrogen-bond acceptors (Lipinski definition) is 4. The normalized spacial score (nSPS) is 11.1. The van der Waals surface area contributed by atoms with Gasteiger partial charge in [-0.25, -0.2) is 0 Å². The summed E-state index contributed by atoms with van der Waals surface area (Å²) in [4.78, 5) is 25.5. The Kier molecular flexibility index (Phi) is 9.13. The van der Waals surface area contributed by atoms with Gasteiger partial charge in [0.05, 0.1) is 6.61 Å². The zero-order valence-electron chi connectivity index (χ0n) is 15.2. The summed E-state index contributed by atoms with van der Waals surface area (Å²) in [6, 6.07) is 8.88. The minimum Gasteiger partial charge on any atom is -0.465 e. The average molecular weight is 334 g/mol. The molecule has 134 valence electrons. The van der Waals surface area contributed by atoms with Crippen molar-refractivity contribution < 1.29 is 19.1 Å². The standard InChI is InChI=1S/C20H30O4/c1-4-7-11-16-23-18(21)20(14-5-2,15-6-3)19(22)24-17-12-9-8-10-13-17/h8-10,12-13H,4-7,11,14-16H2,1-3H3. The first kappa shape index (κ1) is 20.2. The van der Waals surface area contributed by atoms with Gasteiger partial charge in [0.1, 0.15) is 5.75 Å². The van der Waals surface area contributed by atoms with Gasteiger partial charge in [0, 0.05) is 0 Å².